The summed E-state index contributed by atoms with van der Waals surface area (Å²) >= 11 is 0. The summed E-state index contributed by atoms with van der Waals surface area (Å²) in [4.78, 5) is 10.6. The smallest absolute Gasteiger partial charge is 0.285 e. The van der Waals surface area contributed by atoms with Gasteiger partial charge in [0.25, 0.3) is 5.91 Å². The molecule has 0 atom stereocenters. The minimum atomic E-state index is -0.471. The Morgan fingerprint density at radius 2 is 2.18 bits per heavy atom. The number of carbonyl (C=O) groups excluding carboxylic acids is 1. The van der Waals surface area contributed by atoms with Crippen molar-refractivity contribution in [3.63, 3.8) is 0 Å². The lowest BCUT2D eigenvalue weighted by Gasteiger charge is -2.01. The monoisotopic (exact) mass is 157 g/mol. The van der Waals surface area contributed by atoms with Gasteiger partial charge in [-0.3, -0.25) is 4.79 Å². The van der Waals surface area contributed by atoms with Crippen LogP contribution in [-0.4, -0.2) is 17.6 Å². The zero-order chi connectivity index (χ0) is 8.69. The molecule has 0 saturated heterocycles. The van der Waals surface area contributed by atoms with Crippen molar-refractivity contribution in [3.05, 3.63) is 12.3 Å². The molecule has 0 aromatic heterocycles. The minimum absolute atomic E-state index is 0.415. The van der Waals surface area contributed by atoms with Crippen LogP contribution in [0.3, 0.4) is 0 Å². The van der Waals surface area contributed by atoms with E-state index in [-0.39, 0.29) is 0 Å². The molecule has 0 heterocycles. The van der Waals surface area contributed by atoms with Gasteiger partial charge in [-0.25, -0.2) is 0 Å². The standard InChI is InChI=1S/C8H15NO2/c1-3-4-5-6-9-8(11)7(2)10/h10H,2-6H2,1H3,(H,9,11). The van der Waals surface area contributed by atoms with E-state index in [9.17, 15) is 4.79 Å². The molecular formula is C8H15NO2. The molecule has 64 valence electrons. The van der Waals surface area contributed by atoms with Gasteiger partial charge < -0.3 is 10.4 Å². The highest BCUT2D eigenvalue weighted by atomic mass is 16.3. The zero-order valence-electron chi connectivity index (χ0n) is 6.89. The highest BCUT2D eigenvalue weighted by Gasteiger charge is 2.01. The van der Waals surface area contributed by atoms with Crippen molar-refractivity contribution >= 4 is 5.91 Å². The molecule has 3 nitrogen and oxygen atoms in total. The summed E-state index contributed by atoms with van der Waals surface area (Å²) in [7, 11) is 0. The van der Waals surface area contributed by atoms with Crippen LogP contribution < -0.4 is 5.32 Å². The molecule has 0 aliphatic carbocycles. The minimum Gasteiger partial charge on any atom is -0.503 e. The van der Waals surface area contributed by atoms with E-state index in [0.717, 1.165) is 19.3 Å². The fourth-order valence-electron chi connectivity index (χ4n) is 0.679. The molecule has 0 aliphatic rings. The molecule has 0 spiro atoms. The van der Waals surface area contributed by atoms with Gasteiger partial charge in [0, 0.05) is 6.54 Å². The van der Waals surface area contributed by atoms with Crippen molar-refractivity contribution in [2.24, 2.45) is 0 Å². The van der Waals surface area contributed by atoms with Gasteiger partial charge in [-0.05, 0) is 6.42 Å². The average Bonchev–Trinajstić information content (AvgIpc) is 1.97. The fourth-order valence-corrected chi connectivity index (χ4v) is 0.679. The van der Waals surface area contributed by atoms with Gasteiger partial charge in [-0.1, -0.05) is 26.3 Å². The molecule has 3 heteroatoms. The van der Waals surface area contributed by atoms with Crippen molar-refractivity contribution in [1.82, 2.24) is 5.32 Å². The second-order valence-electron chi connectivity index (χ2n) is 2.41. The van der Waals surface area contributed by atoms with E-state index in [1.165, 1.54) is 0 Å². The molecule has 0 aromatic carbocycles. The van der Waals surface area contributed by atoms with Gasteiger partial charge >= 0.3 is 0 Å². The first kappa shape index (κ1) is 10.0. The quantitative estimate of drug-likeness (QED) is 0.359. The summed E-state index contributed by atoms with van der Waals surface area (Å²) < 4.78 is 0. The highest BCUT2D eigenvalue weighted by Crippen LogP contribution is 1.91. The maximum absolute atomic E-state index is 10.6. The van der Waals surface area contributed by atoms with E-state index in [0.29, 0.717) is 6.54 Å². The van der Waals surface area contributed by atoms with Gasteiger partial charge in [0.2, 0.25) is 0 Å². The normalized spacial score (nSPS) is 9.18. The number of nitrogens with one attached hydrogen (secondary N) is 1. The SMILES string of the molecule is C=C(O)C(=O)NCCCCC. The van der Waals surface area contributed by atoms with Crippen LogP contribution in [0.25, 0.3) is 0 Å². The zero-order valence-corrected chi connectivity index (χ0v) is 6.89. The third kappa shape index (κ3) is 5.45. The Labute approximate surface area is 67.1 Å². The highest BCUT2D eigenvalue weighted by molar-refractivity contribution is 5.90. The molecule has 0 saturated carbocycles. The third-order valence-electron chi connectivity index (χ3n) is 1.33. The number of amides is 1. The summed E-state index contributed by atoms with van der Waals surface area (Å²) in [6.07, 6.45) is 3.17. The van der Waals surface area contributed by atoms with Gasteiger partial charge in [0.05, 0.1) is 0 Å². The van der Waals surface area contributed by atoms with E-state index in [1.807, 2.05) is 0 Å². The summed E-state index contributed by atoms with van der Waals surface area (Å²) in [5.74, 6) is -0.886. The van der Waals surface area contributed by atoms with E-state index in [2.05, 4.69) is 18.8 Å². The molecule has 0 bridgehead atoms. The molecular weight excluding hydrogens is 142 g/mol. The predicted molar refractivity (Wildman–Crippen MR) is 44.3 cm³/mol. The van der Waals surface area contributed by atoms with E-state index < -0.39 is 11.7 Å². The second kappa shape index (κ2) is 5.77. The van der Waals surface area contributed by atoms with Crippen LogP contribution in [0.5, 0.6) is 0 Å². The van der Waals surface area contributed by atoms with Gasteiger partial charge in [0.1, 0.15) is 0 Å². The Kier molecular flexibility index (Phi) is 5.25. The first-order chi connectivity index (χ1) is 5.18. The van der Waals surface area contributed by atoms with E-state index in [1.54, 1.807) is 0 Å². The van der Waals surface area contributed by atoms with Crippen molar-refractivity contribution in [1.29, 1.82) is 0 Å². The van der Waals surface area contributed by atoms with Crippen molar-refractivity contribution in [3.8, 4) is 0 Å². The predicted octanol–water partition coefficient (Wildman–Crippen LogP) is 1.36. The number of carbonyl (C=O) groups is 1. The van der Waals surface area contributed by atoms with Gasteiger partial charge in [0.15, 0.2) is 5.76 Å². The topological polar surface area (TPSA) is 49.3 Å². The van der Waals surface area contributed by atoms with Gasteiger partial charge in [-0.15, -0.1) is 0 Å². The molecule has 0 rings (SSSR count). The summed E-state index contributed by atoms with van der Waals surface area (Å²) in [5, 5.41) is 11.1. The summed E-state index contributed by atoms with van der Waals surface area (Å²) in [6, 6.07) is 0. The number of hydrogen-bond acceptors (Lipinski definition) is 2. The van der Waals surface area contributed by atoms with E-state index in [4.69, 9.17) is 5.11 Å². The lowest BCUT2D eigenvalue weighted by atomic mass is 10.2. The first-order valence-electron chi connectivity index (χ1n) is 3.84. The molecule has 11 heavy (non-hydrogen) atoms. The average molecular weight is 157 g/mol. The summed E-state index contributed by atoms with van der Waals surface area (Å²) in [6.45, 7) is 5.80. The van der Waals surface area contributed by atoms with Crippen LogP contribution in [0.1, 0.15) is 26.2 Å². The Balaban J connectivity index is 3.25. The maximum atomic E-state index is 10.6. The van der Waals surface area contributed by atoms with E-state index >= 15 is 0 Å². The number of aliphatic hydroxyl groups is 1. The van der Waals surface area contributed by atoms with Crippen LogP contribution in [0, 0.1) is 0 Å². The Morgan fingerprint density at radius 1 is 1.55 bits per heavy atom. The molecule has 0 unspecified atom stereocenters. The Hall–Kier alpha value is -0.990. The lowest BCUT2D eigenvalue weighted by Crippen LogP contribution is -2.25. The molecule has 1 amide bonds. The number of hydrogen-bond donors (Lipinski definition) is 2. The largest absolute Gasteiger partial charge is 0.503 e. The number of rotatable bonds is 5. The van der Waals surface area contributed by atoms with Crippen molar-refractivity contribution < 1.29 is 9.90 Å². The molecule has 0 aromatic rings. The Bertz CT molecular complexity index is 143. The molecule has 0 radical (unpaired) electrons. The van der Waals surface area contributed by atoms with Crippen LogP contribution in [0.2, 0.25) is 0 Å². The fraction of sp³-hybridized carbons (Fsp3) is 0.625. The molecule has 2 N–H and O–H groups in total. The van der Waals surface area contributed by atoms with Crippen LogP contribution in [0.15, 0.2) is 12.3 Å². The number of unbranched alkanes of at least 4 members (excludes halogenated alkanes) is 2. The van der Waals surface area contributed by atoms with Crippen LogP contribution >= 0.6 is 0 Å². The van der Waals surface area contributed by atoms with Crippen LogP contribution in [-0.2, 0) is 4.79 Å². The Morgan fingerprint density at radius 3 is 2.64 bits per heavy atom. The third-order valence-corrected chi connectivity index (χ3v) is 1.33. The molecule has 0 fully saturated rings. The maximum Gasteiger partial charge on any atom is 0.285 e. The number of aliphatic hydroxyl groups excluding tert-OH is 1. The van der Waals surface area contributed by atoms with Gasteiger partial charge in [-0.2, -0.15) is 0 Å². The lowest BCUT2D eigenvalue weighted by molar-refractivity contribution is -0.119. The first-order valence-corrected chi connectivity index (χ1v) is 3.84. The van der Waals surface area contributed by atoms with Crippen molar-refractivity contribution in [2.45, 2.75) is 26.2 Å². The van der Waals surface area contributed by atoms with Crippen molar-refractivity contribution in [2.75, 3.05) is 6.54 Å². The summed E-state index contributed by atoms with van der Waals surface area (Å²) in [5.41, 5.74) is 0. The molecule has 0 aliphatic heterocycles. The second-order valence-corrected chi connectivity index (χ2v) is 2.41. The van der Waals surface area contributed by atoms with Crippen LogP contribution in [0.4, 0.5) is 0 Å².